The first-order valence-corrected chi connectivity index (χ1v) is 13.2. The molecule has 0 bridgehead atoms. The second-order valence-electron chi connectivity index (χ2n) is 9.82. The number of hydrogen-bond acceptors (Lipinski definition) is 5. The molecule has 0 saturated carbocycles. The zero-order chi connectivity index (χ0) is 26.5. The standard InChI is InChI=1S/C28H32N6O4/c1-19-15-21-16-22(9-10-24(21)38-19)30-28(32-26(36)20-7-6-11-29-17-20)31-23-8-2-3-14-34(27(23)37)18-25(35)33-12-4-5-13-33/h6-7,9-11,15-17,23H,2-5,8,12-14,18H2,1H3,(H2,30,31,32,36)/p+1/t23-/m0/s1. The van der Waals surface area contributed by atoms with Gasteiger partial charge in [0.15, 0.2) is 12.4 Å². The Morgan fingerprint density at radius 3 is 2.71 bits per heavy atom. The van der Waals surface area contributed by atoms with Crippen LogP contribution in [0.5, 0.6) is 0 Å². The molecule has 2 aliphatic rings. The predicted molar refractivity (Wildman–Crippen MR) is 143 cm³/mol. The van der Waals surface area contributed by atoms with Crippen LogP contribution < -0.4 is 15.6 Å². The quantitative estimate of drug-likeness (QED) is 0.398. The number of hydrogen-bond donors (Lipinski definition) is 2. The average molecular weight is 518 g/mol. The van der Waals surface area contributed by atoms with E-state index in [2.05, 4.69) is 15.6 Å². The van der Waals surface area contributed by atoms with Gasteiger partial charge in [-0.1, -0.05) is 0 Å². The largest absolute Gasteiger partial charge is 0.461 e. The van der Waals surface area contributed by atoms with Crippen molar-refractivity contribution in [3.63, 3.8) is 0 Å². The van der Waals surface area contributed by atoms with Crippen molar-refractivity contribution in [1.29, 1.82) is 0 Å². The molecule has 3 aromatic rings. The summed E-state index contributed by atoms with van der Waals surface area (Å²) in [6.45, 7) is 3.97. The van der Waals surface area contributed by atoms with Crippen molar-refractivity contribution in [3.05, 3.63) is 60.1 Å². The number of rotatable bonds is 5. The number of carbonyl (C=O) groups excluding carboxylic acids is 3. The summed E-state index contributed by atoms with van der Waals surface area (Å²) < 4.78 is 5.67. The molecule has 4 heterocycles. The van der Waals surface area contributed by atoms with Crippen molar-refractivity contribution in [2.75, 3.05) is 31.5 Å². The van der Waals surface area contributed by atoms with E-state index in [1.165, 1.54) is 0 Å². The molecular weight excluding hydrogens is 484 g/mol. The van der Waals surface area contributed by atoms with Crippen molar-refractivity contribution in [2.45, 2.75) is 45.1 Å². The number of aryl methyl sites for hydroxylation is 1. The van der Waals surface area contributed by atoms with Crippen LogP contribution in [0.1, 0.15) is 48.2 Å². The van der Waals surface area contributed by atoms with Crippen molar-refractivity contribution in [3.8, 4) is 0 Å². The molecule has 5 rings (SSSR count). The number of aromatic nitrogens is 1. The number of fused-ring (bicyclic) bond motifs is 1. The van der Waals surface area contributed by atoms with Gasteiger partial charge in [-0.15, -0.1) is 0 Å². The van der Waals surface area contributed by atoms with Crippen LogP contribution in [-0.2, 0) is 9.59 Å². The monoisotopic (exact) mass is 517 g/mol. The van der Waals surface area contributed by atoms with Gasteiger partial charge < -0.3 is 19.5 Å². The van der Waals surface area contributed by atoms with E-state index >= 15 is 0 Å². The summed E-state index contributed by atoms with van der Waals surface area (Å²) in [5, 5.41) is 6.93. The molecule has 2 fully saturated rings. The van der Waals surface area contributed by atoms with Gasteiger partial charge >= 0.3 is 0 Å². The second-order valence-corrected chi connectivity index (χ2v) is 9.82. The maximum atomic E-state index is 13.5. The van der Waals surface area contributed by atoms with Gasteiger partial charge in [0.05, 0.1) is 6.54 Å². The number of pyridine rings is 1. The van der Waals surface area contributed by atoms with Gasteiger partial charge in [-0.25, -0.2) is 9.98 Å². The number of anilines is 1. The molecule has 3 amide bonds. The third-order valence-electron chi connectivity index (χ3n) is 6.93. The van der Waals surface area contributed by atoms with Gasteiger partial charge in [0.25, 0.3) is 5.91 Å². The smallest absolute Gasteiger partial charge is 0.264 e. The first kappa shape index (κ1) is 25.4. The lowest BCUT2D eigenvalue weighted by atomic mass is 10.1. The van der Waals surface area contributed by atoms with Crippen molar-refractivity contribution in [1.82, 2.24) is 15.1 Å². The van der Waals surface area contributed by atoms with Gasteiger partial charge in [0.1, 0.15) is 22.9 Å². The minimum absolute atomic E-state index is 0.0174. The molecule has 0 radical (unpaired) electrons. The number of furan rings is 1. The molecule has 198 valence electrons. The topological polar surface area (TPSA) is 121 Å². The molecule has 1 aromatic carbocycles. The number of likely N-dealkylation sites (tertiary alicyclic amines) is 2. The van der Waals surface area contributed by atoms with E-state index in [1.54, 1.807) is 29.4 Å². The Kier molecular flexibility index (Phi) is 7.67. The zero-order valence-corrected chi connectivity index (χ0v) is 21.5. The zero-order valence-electron chi connectivity index (χ0n) is 21.5. The fraction of sp³-hybridized carbons (Fsp3) is 0.393. The molecule has 2 aliphatic heterocycles. The van der Waals surface area contributed by atoms with E-state index in [1.807, 2.05) is 36.1 Å². The molecule has 2 aromatic heterocycles. The third-order valence-corrected chi connectivity index (χ3v) is 6.93. The number of aromatic amines is 1. The summed E-state index contributed by atoms with van der Waals surface area (Å²) >= 11 is 0. The van der Waals surface area contributed by atoms with Crippen molar-refractivity contribution < 1.29 is 23.8 Å². The van der Waals surface area contributed by atoms with Crippen LogP contribution in [0.2, 0.25) is 0 Å². The van der Waals surface area contributed by atoms with Gasteiger partial charge in [-0.05, 0) is 69.4 Å². The number of amides is 3. The number of guanidine groups is 1. The minimum atomic E-state index is -0.714. The van der Waals surface area contributed by atoms with E-state index in [0.29, 0.717) is 24.2 Å². The molecular formula is C28H33N6O4+. The summed E-state index contributed by atoms with van der Waals surface area (Å²) in [5.41, 5.74) is 1.87. The Morgan fingerprint density at radius 1 is 1.11 bits per heavy atom. The van der Waals surface area contributed by atoms with E-state index in [4.69, 9.17) is 9.41 Å². The summed E-state index contributed by atoms with van der Waals surface area (Å²) in [4.78, 5) is 50.3. The predicted octanol–water partition coefficient (Wildman–Crippen LogP) is 2.76. The Balaban J connectivity index is 1.39. The van der Waals surface area contributed by atoms with E-state index < -0.39 is 6.04 Å². The number of carbonyl (C=O) groups is 3. The maximum Gasteiger partial charge on any atom is 0.264 e. The first-order chi connectivity index (χ1) is 18.5. The maximum absolute atomic E-state index is 13.5. The Morgan fingerprint density at radius 2 is 1.92 bits per heavy atom. The first-order valence-electron chi connectivity index (χ1n) is 13.2. The summed E-state index contributed by atoms with van der Waals surface area (Å²) in [5.74, 6) is 0.390. The lowest BCUT2D eigenvalue weighted by molar-refractivity contribution is -0.378. The van der Waals surface area contributed by atoms with Crippen LogP contribution in [0.25, 0.3) is 11.0 Å². The van der Waals surface area contributed by atoms with Crippen LogP contribution in [0.3, 0.4) is 0 Å². The second kappa shape index (κ2) is 11.5. The lowest BCUT2D eigenvalue weighted by Crippen LogP contribution is -2.45. The highest BCUT2D eigenvalue weighted by molar-refractivity contribution is 6.10. The van der Waals surface area contributed by atoms with Crippen LogP contribution in [0.4, 0.5) is 5.69 Å². The molecule has 38 heavy (non-hydrogen) atoms. The van der Waals surface area contributed by atoms with Crippen LogP contribution in [0.15, 0.2) is 58.2 Å². The molecule has 0 spiro atoms. The number of aliphatic imine (C=N–C) groups is 1. The lowest BCUT2D eigenvalue weighted by Gasteiger charge is -2.25. The van der Waals surface area contributed by atoms with Crippen LogP contribution in [-0.4, -0.2) is 65.7 Å². The van der Waals surface area contributed by atoms with Crippen molar-refractivity contribution in [2.24, 2.45) is 4.99 Å². The van der Waals surface area contributed by atoms with Crippen molar-refractivity contribution >= 4 is 40.3 Å². The summed E-state index contributed by atoms with van der Waals surface area (Å²) in [6, 6.07) is 10.2. The number of benzene rings is 1. The number of nitrogens with zero attached hydrogens (tertiary/aromatic N) is 3. The SMILES string of the molecule is Cc1cc2cc(NC(=N[C@H]3CCCCN(CC(=O)N4CCCC4)C3=O)NC(=O)c3ccc[nH+]c3)ccc2o1. The molecule has 3 N–H and O–H groups in total. The van der Waals surface area contributed by atoms with E-state index in [0.717, 1.165) is 55.5 Å². The minimum Gasteiger partial charge on any atom is -0.461 e. The number of nitrogens with one attached hydrogen (secondary N) is 3. The molecule has 0 unspecified atom stereocenters. The van der Waals surface area contributed by atoms with Gasteiger partial charge in [-0.3, -0.25) is 19.7 Å². The summed E-state index contributed by atoms with van der Waals surface area (Å²) in [7, 11) is 0. The van der Waals surface area contributed by atoms with Crippen LogP contribution >= 0.6 is 0 Å². The summed E-state index contributed by atoms with van der Waals surface area (Å²) in [6.07, 6.45) is 7.45. The fourth-order valence-electron chi connectivity index (χ4n) is 4.95. The highest BCUT2D eigenvalue weighted by Gasteiger charge is 2.30. The number of H-pyrrole nitrogens is 1. The molecule has 1 atom stereocenters. The third kappa shape index (κ3) is 6.01. The van der Waals surface area contributed by atoms with E-state index in [-0.39, 0.29) is 30.2 Å². The average Bonchev–Trinajstić information content (AvgIpc) is 3.55. The Labute approximate surface area is 221 Å². The van der Waals surface area contributed by atoms with Gasteiger partial charge in [0.2, 0.25) is 17.8 Å². The molecule has 10 nitrogen and oxygen atoms in total. The highest BCUT2D eigenvalue weighted by atomic mass is 16.3. The molecule has 0 aliphatic carbocycles. The van der Waals surface area contributed by atoms with Crippen LogP contribution in [0, 0.1) is 6.92 Å². The van der Waals surface area contributed by atoms with E-state index in [9.17, 15) is 14.4 Å². The Hall–Kier alpha value is -4.21. The highest BCUT2D eigenvalue weighted by Crippen LogP contribution is 2.23. The normalized spacial score (nSPS) is 18.5. The molecule has 2 saturated heterocycles. The van der Waals surface area contributed by atoms with Gasteiger partial charge in [0, 0.05) is 36.8 Å². The van der Waals surface area contributed by atoms with Gasteiger partial charge in [-0.2, -0.15) is 0 Å². The fourth-order valence-corrected chi connectivity index (χ4v) is 4.95. The Bertz CT molecular complexity index is 1350. The molecule has 10 heteroatoms.